The van der Waals surface area contributed by atoms with E-state index in [0.717, 1.165) is 0 Å². The van der Waals surface area contributed by atoms with Gasteiger partial charge in [-0.25, -0.2) is 13.8 Å². The fraction of sp³-hybridized carbons (Fsp3) is 0.643. The molecule has 1 aromatic heterocycles. The summed E-state index contributed by atoms with van der Waals surface area (Å²) in [7, 11) is 0. The van der Waals surface area contributed by atoms with E-state index in [0.29, 0.717) is 13.1 Å². The zero-order valence-corrected chi connectivity index (χ0v) is 12.7. The number of likely N-dealkylation sites (tertiary alicyclic amines) is 2. The zero-order valence-electron chi connectivity index (χ0n) is 12.7. The van der Waals surface area contributed by atoms with Crippen molar-refractivity contribution in [3.05, 3.63) is 18.4 Å². The summed E-state index contributed by atoms with van der Waals surface area (Å²) < 4.78 is 32.2. The van der Waals surface area contributed by atoms with Gasteiger partial charge in [0.15, 0.2) is 12.1 Å². The van der Waals surface area contributed by atoms with Gasteiger partial charge in [0.05, 0.1) is 6.54 Å². The third-order valence-electron chi connectivity index (χ3n) is 4.27. The lowest BCUT2D eigenvalue weighted by molar-refractivity contribution is -0.119. The van der Waals surface area contributed by atoms with Crippen molar-refractivity contribution in [2.75, 3.05) is 26.2 Å². The standard InChI is InChI=1S/C14H18F2N4O3/c1-9(21)17-3-10-2-14(15,16)7-20(10)11-4-19(5-11)13(22)12-6-23-8-18-12/h6,8,10-11H,2-5,7H2,1H3,(H,17,21)/t10-/m0/s1. The van der Waals surface area contributed by atoms with Gasteiger partial charge in [-0.15, -0.1) is 0 Å². The number of rotatable bonds is 4. The summed E-state index contributed by atoms with van der Waals surface area (Å²) in [5, 5.41) is 2.60. The van der Waals surface area contributed by atoms with Crippen molar-refractivity contribution in [1.29, 1.82) is 0 Å². The van der Waals surface area contributed by atoms with Crippen LogP contribution in [0.4, 0.5) is 8.78 Å². The van der Waals surface area contributed by atoms with Crippen molar-refractivity contribution >= 4 is 11.8 Å². The highest BCUT2D eigenvalue weighted by molar-refractivity contribution is 5.92. The number of nitrogens with one attached hydrogen (secondary N) is 1. The SMILES string of the molecule is CC(=O)NC[C@@H]1CC(F)(F)CN1C1CN(C(=O)c2cocn2)C1. The second-order valence-corrected chi connectivity index (χ2v) is 6.06. The summed E-state index contributed by atoms with van der Waals surface area (Å²) in [5.41, 5.74) is 0.213. The second kappa shape index (κ2) is 5.88. The van der Waals surface area contributed by atoms with Gasteiger partial charge in [0.2, 0.25) is 5.91 Å². The van der Waals surface area contributed by atoms with Crippen LogP contribution < -0.4 is 5.32 Å². The molecule has 0 spiro atoms. The van der Waals surface area contributed by atoms with Gasteiger partial charge in [-0.05, 0) is 0 Å². The first-order chi connectivity index (χ1) is 10.9. The van der Waals surface area contributed by atoms with Crippen LogP contribution in [0.1, 0.15) is 23.8 Å². The molecule has 2 saturated heterocycles. The number of halogens is 2. The number of aromatic nitrogens is 1. The van der Waals surface area contributed by atoms with Crippen molar-refractivity contribution in [3.63, 3.8) is 0 Å². The first-order valence-electron chi connectivity index (χ1n) is 7.41. The Morgan fingerprint density at radius 3 is 2.83 bits per heavy atom. The van der Waals surface area contributed by atoms with E-state index in [4.69, 9.17) is 4.42 Å². The van der Waals surface area contributed by atoms with Crippen LogP contribution in [0, 0.1) is 0 Å². The van der Waals surface area contributed by atoms with Gasteiger partial charge in [0, 0.05) is 45.1 Å². The molecule has 0 bridgehead atoms. The van der Waals surface area contributed by atoms with Gasteiger partial charge >= 0.3 is 0 Å². The second-order valence-electron chi connectivity index (χ2n) is 6.06. The summed E-state index contributed by atoms with van der Waals surface area (Å²) in [6, 6.07) is -0.541. The maximum atomic E-state index is 13.7. The number of hydrogen-bond acceptors (Lipinski definition) is 5. The van der Waals surface area contributed by atoms with Crippen LogP contribution in [0.15, 0.2) is 17.1 Å². The predicted molar refractivity (Wildman–Crippen MR) is 74.9 cm³/mol. The van der Waals surface area contributed by atoms with Crippen molar-refractivity contribution < 1.29 is 22.8 Å². The molecule has 2 amide bonds. The van der Waals surface area contributed by atoms with E-state index in [1.54, 1.807) is 9.80 Å². The molecule has 126 valence electrons. The highest BCUT2D eigenvalue weighted by Crippen LogP contribution is 2.35. The number of oxazole rings is 1. The summed E-state index contributed by atoms with van der Waals surface area (Å²) in [4.78, 5) is 30.1. The fourth-order valence-corrected chi connectivity index (χ4v) is 3.11. The fourth-order valence-electron chi connectivity index (χ4n) is 3.11. The highest BCUT2D eigenvalue weighted by atomic mass is 19.3. The van der Waals surface area contributed by atoms with E-state index in [-0.39, 0.29) is 43.1 Å². The molecule has 3 heterocycles. The van der Waals surface area contributed by atoms with Gasteiger partial charge in [0.1, 0.15) is 6.26 Å². The molecular weight excluding hydrogens is 310 g/mol. The van der Waals surface area contributed by atoms with Crippen LogP contribution >= 0.6 is 0 Å². The number of nitrogens with zero attached hydrogens (tertiary/aromatic N) is 3. The first-order valence-corrected chi connectivity index (χ1v) is 7.41. The molecule has 9 heteroatoms. The Kier molecular flexibility index (Phi) is 4.05. The topological polar surface area (TPSA) is 78.7 Å². The van der Waals surface area contributed by atoms with Gasteiger partial charge in [-0.1, -0.05) is 0 Å². The van der Waals surface area contributed by atoms with Gasteiger partial charge in [-0.2, -0.15) is 0 Å². The lowest BCUT2D eigenvalue weighted by Crippen LogP contribution is -2.63. The summed E-state index contributed by atoms with van der Waals surface area (Å²) in [5.74, 6) is -3.27. The predicted octanol–water partition coefficient (Wildman–Crippen LogP) is 0.345. The molecule has 0 radical (unpaired) electrons. The molecule has 0 aliphatic carbocycles. The molecule has 23 heavy (non-hydrogen) atoms. The Balaban J connectivity index is 1.58. The third kappa shape index (κ3) is 3.34. The largest absolute Gasteiger partial charge is 0.451 e. The quantitative estimate of drug-likeness (QED) is 0.863. The Bertz CT molecular complexity index is 587. The third-order valence-corrected chi connectivity index (χ3v) is 4.27. The van der Waals surface area contributed by atoms with Gasteiger partial charge in [0.25, 0.3) is 11.8 Å². The minimum absolute atomic E-state index is 0.127. The number of amides is 2. The van der Waals surface area contributed by atoms with Gasteiger partial charge in [-0.3, -0.25) is 14.5 Å². The number of alkyl halides is 2. The minimum Gasteiger partial charge on any atom is -0.451 e. The summed E-state index contributed by atoms with van der Waals surface area (Å²) in [6.07, 6.45) is 2.16. The molecule has 3 rings (SSSR count). The molecule has 2 fully saturated rings. The molecule has 0 unspecified atom stereocenters. The molecule has 0 aromatic carbocycles. The normalized spacial score (nSPS) is 24.5. The number of carbonyl (C=O) groups is 2. The lowest BCUT2D eigenvalue weighted by Gasteiger charge is -2.45. The molecular formula is C14H18F2N4O3. The highest BCUT2D eigenvalue weighted by Gasteiger charge is 2.50. The van der Waals surface area contributed by atoms with Crippen molar-refractivity contribution in [1.82, 2.24) is 20.1 Å². The van der Waals surface area contributed by atoms with E-state index in [2.05, 4.69) is 10.3 Å². The van der Waals surface area contributed by atoms with E-state index in [1.165, 1.54) is 19.6 Å². The molecule has 1 atom stereocenters. The lowest BCUT2D eigenvalue weighted by atomic mass is 10.1. The number of carbonyl (C=O) groups excluding carboxylic acids is 2. The molecule has 2 aliphatic rings. The van der Waals surface area contributed by atoms with Gasteiger partial charge < -0.3 is 14.6 Å². The van der Waals surface area contributed by atoms with E-state index in [9.17, 15) is 18.4 Å². The van der Waals surface area contributed by atoms with Crippen LogP contribution in [0.3, 0.4) is 0 Å². The Hall–Kier alpha value is -2.03. The minimum atomic E-state index is -2.76. The van der Waals surface area contributed by atoms with E-state index >= 15 is 0 Å². The first kappa shape index (κ1) is 15.9. The Morgan fingerprint density at radius 2 is 2.22 bits per heavy atom. The molecule has 1 aromatic rings. The van der Waals surface area contributed by atoms with Crippen molar-refractivity contribution in [2.24, 2.45) is 0 Å². The van der Waals surface area contributed by atoms with Crippen molar-refractivity contribution in [3.8, 4) is 0 Å². The maximum absolute atomic E-state index is 13.7. The van der Waals surface area contributed by atoms with E-state index in [1.807, 2.05) is 0 Å². The van der Waals surface area contributed by atoms with Crippen LogP contribution in [0.25, 0.3) is 0 Å². The van der Waals surface area contributed by atoms with Crippen LogP contribution in [-0.4, -0.2) is 70.8 Å². The summed E-state index contributed by atoms with van der Waals surface area (Å²) >= 11 is 0. The van der Waals surface area contributed by atoms with Crippen LogP contribution in [0.5, 0.6) is 0 Å². The number of hydrogen-bond donors (Lipinski definition) is 1. The van der Waals surface area contributed by atoms with E-state index < -0.39 is 12.0 Å². The monoisotopic (exact) mass is 328 g/mol. The molecule has 7 nitrogen and oxygen atoms in total. The zero-order chi connectivity index (χ0) is 16.6. The molecule has 1 N–H and O–H groups in total. The Labute approximate surface area is 131 Å². The smallest absolute Gasteiger partial charge is 0.275 e. The Morgan fingerprint density at radius 1 is 1.48 bits per heavy atom. The average molecular weight is 328 g/mol. The average Bonchev–Trinajstić information content (AvgIpc) is 3.02. The van der Waals surface area contributed by atoms with Crippen molar-refractivity contribution in [2.45, 2.75) is 31.4 Å². The summed E-state index contributed by atoms with van der Waals surface area (Å²) in [6.45, 7) is 1.96. The molecule has 0 saturated carbocycles. The van der Waals surface area contributed by atoms with Crippen LogP contribution in [0.2, 0.25) is 0 Å². The van der Waals surface area contributed by atoms with Crippen LogP contribution in [-0.2, 0) is 4.79 Å². The maximum Gasteiger partial charge on any atom is 0.275 e. The molecule has 2 aliphatic heterocycles.